The van der Waals surface area contributed by atoms with Gasteiger partial charge in [0.2, 0.25) is 5.91 Å². The predicted molar refractivity (Wildman–Crippen MR) is 97.9 cm³/mol. The smallest absolute Gasteiger partial charge is 0.230 e. The zero-order valence-electron chi connectivity index (χ0n) is 13.3. The highest BCUT2D eigenvalue weighted by molar-refractivity contribution is 7.99. The molecule has 0 atom stereocenters. The van der Waals surface area contributed by atoms with Crippen molar-refractivity contribution in [2.75, 3.05) is 12.3 Å². The molecular formula is C17H18N4OS2. The molecular weight excluding hydrogens is 340 g/mol. The Hall–Kier alpha value is -2.12. The Balaban J connectivity index is 1.54. The van der Waals surface area contributed by atoms with Crippen LogP contribution in [0.3, 0.4) is 0 Å². The lowest BCUT2D eigenvalue weighted by Crippen LogP contribution is -2.27. The minimum Gasteiger partial charge on any atom is -0.355 e. The van der Waals surface area contributed by atoms with Crippen LogP contribution in [0.25, 0.3) is 5.69 Å². The quantitative estimate of drug-likeness (QED) is 0.660. The Morgan fingerprint density at radius 2 is 2.04 bits per heavy atom. The summed E-state index contributed by atoms with van der Waals surface area (Å²) in [6.45, 7) is 2.56. The summed E-state index contributed by atoms with van der Waals surface area (Å²) < 4.78 is 1.96. The lowest BCUT2D eigenvalue weighted by atomic mass is 10.3. The van der Waals surface area contributed by atoms with Crippen LogP contribution in [0.4, 0.5) is 0 Å². The van der Waals surface area contributed by atoms with Crippen LogP contribution in [0.1, 0.15) is 10.7 Å². The van der Waals surface area contributed by atoms with Crippen molar-refractivity contribution in [2.45, 2.75) is 18.5 Å². The summed E-state index contributed by atoms with van der Waals surface area (Å²) >= 11 is 3.11. The van der Waals surface area contributed by atoms with E-state index in [1.807, 2.05) is 53.3 Å². The van der Waals surface area contributed by atoms with E-state index < -0.39 is 0 Å². The van der Waals surface area contributed by atoms with Crippen molar-refractivity contribution in [2.24, 2.45) is 0 Å². The maximum atomic E-state index is 12.0. The molecule has 5 nitrogen and oxygen atoms in total. The molecule has 0 spiro atoms. The highest BCUT2D eigenvalue weighted by Gasteiger charge is 2.13. The van der Waals surface area contributed by atoms with E-state index in [0.717, 1.165) is 23.1 Å². The standard InChI is InChI=1S/C17H18N4OS2/c1-13-19-20-17(21(13)14-6-3-2-4-7-14)24-12-16(22)18-10-9-15-8-5-11-23-15/h2-8,11H,9-10,12H2,1H3,(H,18,22). The molecule has 1 aromatic carbocycles. The number of aromatic nitrogens is 3. The van der Waals surface area contributed by atoms with Crippen LogP contribution in [0.2, 0.25) is 0 Å². The Kier molecular flexibility index (Phi) is 5.66. The maximum Gasteiger partial charge on any atom is 0.230 e. The molecule has 1 N–H and O–H groups in total. The van der Waals surface area contributed by atoms with Crippen LogP contribution in [0, 0.1) is 6.92 Å². The topological polar surface area (TPSA) is 59.8 Å². The van der Waals surface area contributed by atoms with E-state index in [9.17, 15) is 4.79 Å². The molecule has 24 heavy (non-hydrogen) atoms. The molecule has 0 aliphatic carbocycles. The van der Waals surface area contributed by atoms with Gasteiger partial charge < -0.3 is 5.32 Å². The number of nitrogens with one attached hydrogen (secondary N) is 1. The van der Waals surface area contributed by atoms with Crippen LogP contribution in [0.5, 0.6) is 0 Å². The van der Waals surface area contributed by atoms with Gasteiger partial charge in [0.25, 0.3) is 0 Å². The van der Waals surface area contributed by atoms with Gasteiger partial charge in [-0.1, -0.05) is 36.0 Å². The molecule has 0 radical (unpaired) electrons. The number of hydrogen-bond donors (Lipinski definition) is 1. The van der Waals surface area contributed by atoms with E-state index in [0.29, 0.717) is 12.3 Å². The molecule has 0 saturated carbocycles. The lowest BCUT2D eigenvalue weighted by molar-refractivity contribution is -0.118. The van der Waals surface area contributed by atoms with E-state index in [4.69, 9.17) is 0 Å². The fraction of sp³-hybridized carbons (Fsp3) is 0.235. The van der Waals surface area contributed by atoms with Crippen LogP contribution < -0.4 is 5.32 Å². The summed E-state index contributed by atoms with van der Waals surface area (Å²) in [5.74, 6) is 1.15. The summed E-state index contributed by atoms with van der Waals surface area (Å²) in [6, 6.07) is 14.0. The second kappa shape index (κ2) is 8.12. The molecule has 0 aliphatic heterocycles. The molecule has 2 aromatic heterocycles. The first-order valence-electron chi connectivity index (χ1n) is 7.63. The lowest BCUT2D eigenvalue weighted by Gasteiger charge is -2.08. The number of benzene rings is 1. The molecule has 3 rings (SSSR count). The summed E-state index contributed by atoms with van der Waals surface area (Å²) in [6.07, 6.45) is 0.868. The first kappa shape index (κ1) is 16.7. The first-order chi connectivity index (χ1) is 11.7. The molecule has 0 unspecified atom stereocenters. The van der Waals surface area contributed by atoms with Crippen molar-refractivity contribution in [3.63, 3.8) is 0 Å². The van der Waals surface area contributed by atoms with Gasteiger partial charge in [0.1, 0.15) is 5.82 Å². The summed E-state index contributed by atoms with van der Waals surface area (Å²) in [4.78, 5) is 13.3. The number of hydrogen-bond acceptors (Lipinski definition) is 5. The molecule has 2 heterocycles. The van der Waals surface area contributed by atoms with E-state index in [1.54, 1.807) is 11.3 Å². The number of nitrogens with zero attached hydrogens (tertiary/aromatic N) is 3. The fourth-order valence-corrected chi connectivity index (χ4v) is 3.81. The number of para-hydroxylation sites is 1. The van der Waals surface area contributed by atoms with E-state index >= 15 is 0 Å². The number of amides is 1. The van der Waals surface area contributed by atoms with Gasteiger partial charge in [-0.25, -0.2) is 0 Å². The van der Waals surface area contributed by atoms with Gasteiger partial charge in [0.05, 0.1) is 5.75 Å². The fourth-order valence-electron chi connectivity index (χ4n) is 2.27. The van der Waals surface area contributed by atoms with Crippen LogP contribution >= 0.6 is 23.1 Å². The second-order valence-corrected chi connectivity index (χ2v) is 7.14. The third kappa shape index (κ3) is 4.24. The molecule has 3 aromatic rings. The van der Waals surface area contributed by atoms with Crippen LogP contribution in [-0.2, 0) is 11.2 Å². The van der Waals surface area contributed by atoms with Gasteiger partial charge in [0.15, 0.2) is 5.16 Å². The predicted octanol–water partition coefficient (Wildman–Crippen LogP) is 3.09. The Bertz CT molecular complexity index is 784. The van der Waals surface area contributed by atoms with Crippen LogP contribution in [0.15, 0.2) is 53.0 Å². The summed E-state index contributed by atoms with van der Waals surface area (Å²) in [5.41, 5.74) is 1.00. The van der Waals surface area contributed by atoms with Crippen molar-refractivity contribution in [1.82, 2.24) is 20.1 Å². The Morgan fingerprint density at radius 3 is 2.79 bits per heavy atom. The minimum absolute atomic E-state index is 0.0109. The first-order valence-corrected chi connectivity index (χ1v) is 9.50. The third-order valence-electron chi connectivity index (χ3n) is 3.42. The van der Waals surface area contributed by atoms with Crippen molar-refractivity contribution in [1.29, 1.82) is 0 Å². The summed E-state index contributed by atoms with van der Waals surface area (Å²) in [7, 11) is 0. The SMILES string of the molecule is Cc1nnc(SCC(=O)NCCc2cccs2)n1-c1ccccc1. The van der Waals surface area contributed by atoms with Gasteiger partial charge in [-0.2, -0.15) is 0 Å². The highest BCUT2D eigenvalue weighted by Crippen LogP contribution is 2.21. The molecule has 0 aliphatic rings. The van der Waals surface area contributed by atoms with Crippen molar-refractivity contribution >= 4 is 29.0 Å². The van der Waals surface area contributed by atoms with Crippen molar-refractivity contribution in [3.8, 4) is 5.69 Å². The zero-order chi connectivity index (χ0) is 16.8. The van der Waals surface area contributed by atoms with E-state index in [2.05, 4.69) is 21.6 Å². The van der Waals surface area contributed by atoms with E-state index in [1.165, 1.54) is 16.6 Å². The molecule has 0 bridgehead atoms. The molecule has 124 valence electrons. The molecule has 0 fully saturated rings. The highest BCUT2D eigenvalue weighted by atomic mass is 32.2. The minimum atomic E-state index is 0.0109. The van der Waals surface area contributed by atoms with Gasteiger partial charge in [-0.3, -0.25) is 9.36 Å². The molecule has 0 saturated heterocycles. The van der Waals surface area contributed by atoms with Gasteiger partial charge in [-0.05, 0) is 36.9 Å². The second-order valence-electron chi connectivity index (χ2n) is 5.17. The average molecular weight is 358 g/mol. The summed E-state index contributed by atoms with van der Waals surface area (Å²) in [5, 5.41) is 14.0. The maximum absolute atomic E-state index is 12.0. The monoisotopic (exact) mass is 358 g/mol. The Morgan fingerprint density at radius 1 is 1.21 bits per heavy atom. The van der Waals surface area contributed by atoms with Crippen LogP contribution in [-0.4, -0.2) is 33.0 Å². The third-order valence-corrected chi connectivity index (χ3v) is 5.28. The zero-order valence-corrected chi connectivity index (χ0v) is 14.9. The van der Waals surface area contributed by atoms with E-state index in [-0.39, 0.29) is 5.91 Å². The number of thiophene rings is 1. The molecule has 1 amide bonds. The number of rotatable bonds is 7. The molecule has 7 heteroatoms. The Labute approximate surface area is 149 Å². The van der Waals surface area contributed by atoms with Gasteiger partial charge >= 0.3 is 0 Å². The average Bonchev–Trinajstić information content (AvgIpc) is 3.23. The largest absolute Gasteiger partial charge is 0.355 e. The van der Waals surface area contributed by atoms with Crippen molar-refractivity contribution < 1.29 is 4.79 Å². The normalized spacial score (nSPS) is 10.7. The number of thioether (sulfide) groups is 1. The number of aryl methyl sites for hydroxylation is 1. The number of carbonyl (C=O) groups excluding carboxylic acids is 1. The van der Waals surface area contributed by atoms with Crippen molar-refractivity contribution in [3.05, 3.63) is 58.5 Å². The van der Waals surface area contributed by atoms with Gasteiger partial charge in [0, 0.05) is 17.1 Å². The number of carbonyl (C=O) groups is 1. The van der Waals surface area contributed by atoms with Gasteiger partial charge in [-0.15, -0.1) is 21.5 Å².